The van der Waals surface area contributed by atoms with Crippen LogP contribution in [0.25, 0.3) is 0 Å². The molecule has 4 fully saturated rings. The van der Waals surface area contributed by atoms with Gasteiger partial charge in [-0.3, -0.25) is 4.79 Å². The van der Waals surface area contributed by atoms with Crippen molar-refractivity contribution >= 4 is 5.78 Å². The molecule has 0 unspecified atom stereocenters. The molecule has 4 atom stereocenters. The highest BCUT2D eigenvalue weighted by molar-refractivity contribution is 5.87. The van der Waals surface area contributed by atoms with Crippen LogP contribution in [0.15, 0.2) is 0 Å². The third kappa shape index (κ3) is 1.67. The van der Waals surface area contributed by atoms with Gasteiger partial charge in [-0.15, -0.1) is 0 Å². The number of carbonyl (C=O) groups is 1. The van der Waals surface area contributed by atoms with Crippen LogP contribution in [-0.4, -0.2) is 24.8 Å². The summed E-state index contributed by atoms with van der Waals surface area (Å²) in [5, 5.41) is 0. The molecule has 0 bridgehead atoms. The molecule has 4 rings (SSSR count). The number of carbonyl (C=O) groups excluding carboxylic acids is 1. The number of ether oxygens (including phenoxy) is 2. The quantitative estimate of drug-likeness (QED) is 0.675. The Labute approximate surface area is 115 Å². The fourth-order valence-electron chi connectivity index (χ4n) is 5.47. The van der Waals surface area contributed by atoms with Crippen LogP contribution in [0.4, 0.5) is 0 Å². The van der Waals surface area contributed by atoms with Gasteiger partial charge in [0.15, 0.2) is 5.79 Å². The van der Waals surface area contributed by atoms with Crippen molar-refractivity contribution in [1.29, 1.82) is 0 Å². The number of Topliss-reactive ketones (excluding diaryl/α,β-unsaturated/α-hetero) is 1. The zero-order valence-corrected chi connectivity index (χ0v) is 11.8. The summed E-state index contributed by atoms with van der Waals surface area (Å²) in [4.78, 5) is 12.2. The molecule has 0 aromatic carbocycles. The Balaban J connectivity index is 1.56. The average molecular weight is 264 g/mol. The smallest absolute Gasteiger partial charge is 0.168 e. The van der Waals surface area contributed by atoms with E-state index in [1.165, 1.54) is 12.8 Å². The number of ketones is 1. The van der Waals surface area contributed by atoms with Gasteiger partial charge in [-0.25, -0.2) is 0 Å². The molecule has 1 saturated heterocycles. The minimum atomic E-state index is -0.252. The first-order chi connectivity index (χ1) is 9.13. The van der Waals surface area contributed by atoms with Crippen LogP contribution in [0.3, 0.4) is 0 Å². The van der Waals surface area contributed by atoms with Crippen LogP contribution in [0.5, 0.6) is 0 Å². The molecule has 4 aliphatic rings. The van der Waals surface area contributed by atoms with Gasteiger partial charge in [0.1, 0.15) is 5.78 Å². The molecule has 1 spiro atoms. The number of hydrogen-bond donors (Lipinski definition) is 0. The van der Waals surface area contributed by atoms with Crippen LogP contribution in [0.1, 0.15) is 51.9 Å². The summed E-state index contributed by atoms with van der Waals surface area (Å²) < 4.78 is 11.8. The van der Waals surface area contributed by atoms with Gasteiger partial charge in [-0.1, -0.05) is 6.92 Å². The van der Waals surface area contributed by atoms with E-state index in [0.717, 1.165) is 57.2 Å². The Morgan fingerprint density at radius 3 is 2.68 bits per heavy atom. The van der Waals surface area contributed by atoms with Gasteiger partial charge in [-0.2, -0.15) is 0 Å². The number of rotatable bonds is 0. The standard InChI is InChI=1S/C16H24O3/c1-15-6-4-11-10-16(18-8-9-19-16)7-5-12(11)13(15)2-3-14(15)17/h11-13H,2-10H2,1H3/t11-,12-,13+,15+/m1/s1. The first-order valence-corrected chi connectivity index (χ1v) is 7.94. The molecular formula is C16H24O3. The lowest BCUT2D eigenvalue weighted by atomic mass is 9.56. The van der Waals surface area contributed by atoms with Gasteiger partial charge in [0.25, 0.3) is 0 Å². The van der Waals surface area contributed by atoms with Crippen molar-refractivity contribution in [3.63, 3.8) is 0 Å². The third-order valence-corrected chi connectivity index (χ3v) is 6.54. The van der Waals surface area contributed by atoms with Crippen molar-refractivity contribution in [2.24, 2.45) is 23.2 Å². The van der Waals surface area contributed by atoms with E-state index in [2.05, 4.69) is 6.92 Å². The van der Waals surface area contributed by atoms with Crippen molar-refractivity contribution in [1.82, 2.24) is 0 Å². The van der Waals surface area contributed by atoms with Crippen molar-refractivity contribution < 1.29 is 14.3 Å². The van der Waals surface area contributed by atoms with E-state index in [1.807, 2.05) is 0 Å². The fourth-order valence-corrected chi connectivity index (χ4v) is 5.47. The molecule has 1 aliphatic heterocycles. The normalized spacial score (nSPS) is 48.3. The average Bonchev–Trinajstić information content (AvgIpc) is 2.97. The Morgan fingerprint density at radius 2 is 1.89 bits per heavy atom. The molecule has 3 nitrogen and oxygen atoms in total. The van der Waals surface area contributed by atoms with E-state index in [9.17, 15) is 4.79 Å². The van der Waals surface area contributed by atoms with Gasteiger partial charge in [0.2, 0.25) is 0 Å². The first-order valence-electron chi connectivity index (χ1n) is 7.94. The summed E-state index contributed by atoms with van der Waals surface area (Å²) >= 11 is 0. The summed E-state index contributed by atoms with van der Waals surface area (Å²) in [6.07, 6.45) is 7.53. The van der Waals surface area contributed by atoms with Crippen molar-refractivity contribution in [3.8, 4) is 0 Å². The minimum Gasteiger partial charge on any atom is -0.348 e. The summed E-state index contributed by atoms with van der Waals surface area (Å²) in [5.41, 5.74) is 0.00304. The molecule has 0 aromatic heterocycles. The monoisotopic (exact) mass is 264 g/mol. The van der Waals surface area contributed by atoms with E-state index >= 15 is 0 Å². The largest absolute Gasteiger partial charge is 0.348 e. The highest BCUT2D eigenvalue weighted by atomic mass is 16.7. The zero-order valence-electron chi connectivity index (χ0n) is 11.8. The van der Waals surface area contributed by atoms with Crippen molar-refractivity contribution in [2.75, 3.05) is 13.2 Å². The van der Waals surface area contributed by atoms with Crippen molar-refractivity contribution in [2.45, 2.75) is 57.7 Å². The van der Waals surface area contributed by atoms with Gasteiger partial charge in [0, 0.05) is 24.7 Å². The predicted octanol–water partition coefficient (Wildman–Crippen LogP) is 2.93. The van der Waals surface area contributed by atoms with Gasteiger partial charge in [-0.05, 0) is 43.4 Å². The van der Waals surface area contributed by atoms with Crippen LogP contribution in [-0.2, 0) is 14.3 Å². The number of fused-ring (bicyclic) bond motifs is 3. The van der Waals surface area contributed by atoms with E-state index in [0.29, 0.717) is 11.7 Å². The van der Waals surface area contributed by atoms with Crippen LogP contribution in [0.2, 0.25) is 0 Å². The maximum atomic E-state index is 12.2. The first kappa shape index (κ1) is 12.3. The van der Waals surface area contributed by atoms with E-state index in [4.69, 9.17) is 9.47 Å². The van der Waals surface area contributed by atoms with Crippen LogP contribution < -0.4 is 0 Å². The lowest BCUT2D eigenvalue weighted by Gasteiger charge is -2.51. The van der Waals surface area contributed by atoms with E-state index in [1.54, 1.807) is 0 Å². The lowest BCUT2D eigenvalue weighted by molar-refractivity contribution is -0.206. The second-order valence-corrected chi connectivity index (χ2v) is 7.30. The predicted molar refractivity (Wildman–Crippen MR) is 70.5 cm³/mol. The lowest BCUT2D eigenvalue weighted by Crippen LogP contribution is -2.48. The Kier molecular flexibility index (Phi) is 2.63. The van der Waals surface area contributed by atoms with Crippen LogP contribution >= 0.6 is 0 Å². The van der Waals surface area contributed by atoms with Gasteiger partial charge in [0.05, 0.1) is 13.2 Å². The van der Waals surface area contributed by atoms with Gasteiger partial charge < -0.3 is 9.47 Å². The molecule has 106 valence electrons. The molecule has 0 radical (unpaired) electrons. The van der Waals surface area contributed by atoms with Gasteiger partial charge >= 0.3 is 0 Å². The molecule has 19 heavy (non-hydrogen) atoms. The number of hydrogen-bond acceptors (Lipinski definition) is 3. The highest BCUT2D eigenvalue weighted by Gasteiger charge is 2.57. The summed E-state index contributed by atoms with van der Waals surface area (Å²) in [6.45, 7) is 3.75. The Hall–Kier alpha value is -0.410. The molecule has 0 aromatic rings. The SMILES string of the molecule is C[C@]12CC[C@@H]3CC4(CC[C@H]3[C@@H]1CCC2=O)OCCO4. The van der Waals surface area contributed by atoms with E-state index < -0.39 is 0 Å². The Bertz CT molecular complexity index is 399. The van der Waals surface area contributed by atoms with Crippen molar-refractivity contribution in [3.05, 3.63) is 0 Å². The molecule has 1 heterocycles. The minimum absolute atomic E-state index is 0.00304. The summed E-state index contributed by atoms with van der Waals surface area (Å²) in [5.74, 6) is 2.37. The second-order valence-electron chi connectivity index (χ2n) is 7.30. The maximum absolute atomic E-state index is 12.2. The topological polar surface area (TPSA) is 35.5 Å². The second kappa shape index (κ2) is 4.05. The molecular weight excluding hydrogens is 240 g/mol. The summed E-state index contributed by atoms with van der Waals surface area (Å²) in [7, 11) is 0. The molecule has 0 N–H and O–H groups in total. The molecule has 3 aliphatic carbocycles. The molecule has 3 heteroatoms. The molecule has 0 amide bonds. The highest BCUT2D eigenvalue weighted by Crippen LogP contribution is 2.59. The fraction of sp³-hybridized carbons (Fsp3) is 0.938. The maximum Gasteiger partial charge on any atom is 0.168 e. The summed E-state index contributed by atoms with van der Waals surface area (Å²) in [6, 6.07) is 0. The van der Waals surface area contributed by atoms with E-state index in [-0.39, 0.29) is 11.2 Å². The molecule has 3 saturated carbocycles. The van der Waals surface area contributed by atoms with Crippen LogP contribution in [0, 0.1) is 23.2 Å². The Morgan fingerprint density at radius 1 is 1.11 bits per heavy atom. The third-order valence-electron chi connectivity index (χ3n) is 6.54. The zero-order chi connectivity index (χ0) is 13.1.